The highest BCUT2D eigenvalue weighted by atomic mass is 15.1. The molecule has 1 rings (SSSR count). The Hall–Kier alpha value is -1.32. The smallest absolute Gasteiger partial charge is 0.134 e. The summed E-state index contributed by atoms with van der Waals surface area (Å²) in [6.07, 6.45) is 0. The molecular weight excluding hydrogens is 152 g/mol. The van der Waals surface area contributed by atoms with Crippen molar-refractivity contribution in [3.63, 3.8) is 0 Å². The fourth-order valence-electron chi connectivity index (χ4n) is 1.12. The monoisotopic (exact) mass is 166 g/mol. The second-order valence-corrected chi connectivity index (χ2v) is 2.59. The first-order valence-corrected chi connectivity index (χ1v) is 3.89. The lowest BCUT2D eigenvalue weighted by Gasteiger charge is -2.09. The third-order valence-electron chi connectivity index (χ3n) is 1.73. The largest absolute Gasteiger partial charge is 0.373 e. The van der Waals surface area contributed by atoms with Crippen LogP contribution in [0.5, 0.6) is 0 Å². The van der Waals surface area contributed by atoms with Crippen LogP contribution in [0.2, 0.25) is 0 Å². The molecule has 0 radical (unpaired) electrons. The van der Waals surface area contributed by atoms with Crippen molar-refractivity contribution in [1.29, 1.82) is 0 Å². The summed E-state index contributed by atoms with van der Waals surface area (Å²) in [6.45, 7) is 3.86. The van der Waals surface area contributed by atoms with Gasteiger partial charge in [-0.1, -0.05) is 0 Å². The molecule has 66 valence electrons. The van der Waals surface area contributed by atoms with Crippen molar-refractivity contribution in [3.05, 3.63) is 11.4 Å². The molecule has 1 aromatic rings. The predicted octanol–water partition coefficient (Wildman–Crippen LogP) is 1.18. The maximum atomic E-state index is 4.24. The third kappa shape index (κ3) is 1.47. The lowest BCUT2D eigenvalue weighted by Crippen LogP contribution is -2.04. The molecule has 1 heterocycles. The molecule has 0 amide bonds. The molecule has 0 saturated heterocycles. The summed E-state index contributed by atoms with van der Waals surface area (Å²) in [4.78, 5) is 8.48. The topological polar surface area (TPSA) is 49.8 Å². The highest BCUT2D eigenvalue weighted by molar-refractivity contribution is 5.56. The van der Waals surface area contributed by atoms with E-state index >= 15 is 0 Å². The van der Waals surface area contributed by atoms with Gasteiger partial charge >= 0.3 is 0 Å². The Bertz CT molecular complexity index is 257. The van der Waals surface area contributed by atoms with Crippen LogP contribution in [0.1, 0.15) is 11.4 Å². The number of nitrogens with zero attached hydrogens (tertiary/aromatic N) is 2. The molecule has 0 fully saturated rings. The van der Waals surface area contributed by atoms with Crippen molar-refractivity contribution >= 4 is 11.6 Å². The van der Waals surface area contributed by atoms with Gasteiger partial charge in [-0.2, -0.15) is 0 Å². The normalized spacial score (nSPS) is 9.67. The van der Waals surface area contributed by atoms with E-state index in [9.17, 15) is 0 Å². The molecule has 12 heavy (non-hydrogen) atoms. The number of nitrogens with one attached hydrogen (secondary N) is 2. The van der Waals surface area contributed by atoms with Gasteiger partial charge in [0.25, 0.3) is 0 Å². The first kappa shape index (κ1) is 8.77. The summed E-state index contributed by atoms with van der Waals surface area (Å²) in [6, 6.07) is 0. The molecule has 0 unspecified atom stereocenters. The summed E-state index contributed by atoms with van der Waals surface area (Å²) in [5.41, 5.74) is 1.05. The van der Waals surface area contributed by atoms with Crippen LogP contribution < -0.4 is 10.6 Å². The molecule has 4 nitrogen and oxygen atoms in total. The van der Waals surface area contributed by atoms with Gasteiger partial charge in [-0.15, -0.1) is 0 Å². The van der Waals surface area contributed by atoms with E-state index in [1.54, 1.807) is 0 Å². The Morgan fingerprint density at radius 1 is 0.917 bits per heavy atom. The van der Waals surface area contributed by atoms with E-state index in [-0.39, 0.29) is 0 Å². The fraction of sp³-hybridized carbons (Fsp3) is 0.500. The van der Waals surface area contributed by atoms with E-state index in [1.807, 2.05) is 27.9 Å². The Balaban J connectivity index is 3.22. The number of aromatic nitrogens is 2. The quantitative estimate of drug-likeness (QED) is 0.692. The molecule has 0 aliphatic heterocycles. The van der Waals surface area contributed by atoms with Gasteiger partial charge in [-0.25, -0.2) is 9.97 Å². The van der Waals surface area contributed by atoms with Gasteiger partial charge in [0.1, 0.15) is 17.5 Å². The first-order chi connectivity index (χ1) is 5.69. The van der Waals surface area contributed by atoms with Crippen LogP contribution in [0, 0.1) is 13.8 Å². The maximum absolute atomic E-state index is 4.24. The van der Waals surface area contributed by atoms with Crippen LogP contribution in [0.3, 0.4) is 0 Å². The Morgan fingerprint density at radius 2 is 1.33 bits per heavy atom. The van der Waals surface area contributed by atoms with Crippen molar-refractivity contribution in [3.8, 4) is 0 Å². The Labute approximate surface area is 72.4 Å². The van der Waals surface area contributed by atoms with E-state index in [1.165, 1.54) is 0 Å². The number of hydrogen-bond acceptors (Lipinski definition) is 4. The van der Waals surface area contributed by atoms with Gasteiger partial charge < -0.3 is 10.6 Å². The van der Waals surface area contributed by atoms with E-state index in [4.69, 9.17) is 0 Å². The Morgan fingerprint density at radius 3 is 1.67 bits per heavy atom. The SMILES string of the molecule is CNc1nc(C)nc(NC)c1C. The summed E-state index contributed by atoms with van der Waals surface area (Å²) < 4.78 is 0. The van der Waals surface area contributed by atoms with E-state index in [0.717, 1.165) is 23.0 Å². The third-order valence-corrected chi connectivity index (χ3v) is 1.73. The molecule has 1 aromatic heterocycles. The van der Waals surface area contributed by atoms with Gasteiger partial charge in [-0.05, 0) is 13.8 Å². The molecule has 4 heteroatoms. The van der Waals surface area contributed by atoms with Gasteiger partial charge in [0.05, 0.1) is 0 Å². The summed E-state index contributed by atoms with van der Waals surface area (Å²) in [7, 11) is 3.71. The lowest BCUT2D eigenvalue weighted by molar-refractivity contribution is 1.03. The van der Waals surface area contributed by atoms with Crippen molar-refractivity contribution in [2.45, 2.75) is 13.8 Å². The van der Waals surface area contributed by atoms with Crippen molar-refractivity contribution in [1.82, 2.24) is 9.97 Å². The van der Waals surface area contributed by atoms with E-state index < -0.39 is 0 Å². The summed E-state index contributed by atoms with van der Waals surface area (Å²) in [5, 5.41) is 6.04. The minimum atomic E-state index is 0.773. The van der Waals surface area contributed by atoms with Gasteiger partial charge in [0, 0.05) is 19.7 Å². The maximum Gasteiger partial charge on any atom is 0.134 e. The van der Waals surface area contributed by atoms with Crippen LogP contribution in [-0.4, -0.2) is 24.1 Å². The molecule has 0 aliphatic rings. The van der Waals surface area contributed by atoms with E-state index in [0.29, 0.717) is 0 Å². The first-order valence-electron chi connectivity index (χ1n) is 3.89. The number of hydrogen-bond donors (Lipinski definition) is 2. The summed E-state index contributed by atoms with van der Waals surface area (Å²) >= 11 is 0. The molecule has 2 N–H and O–H groups in total. The second kappa shape index (κ2) is 3.38. The van der Waals surface area contributed by atoms with Crippen LogP contribution in [0.25, 0.3) is 0 Å². The standard InChI is InChI=1S/C8H14N4/c1-5-7(9-3)11-6(2)12-8(5)10-4/h1-4H3,(H2,9,10,11,12). The molecule has 0 spiro atoms. The highest BCUT2D eigenvalue weighted by Gasteiger charge is 2.05. The van der Waals surface area contributed by atoms with Crippen molar-refractivity contribution in [2.24, 2.45) is 0 Å². The lowest BCUT2D eigenvalue weighted by atomic mass is 10.3. The predicted molar refractivity (Wildman–Crippen MR) is 50.6 cm³/mol. The molecule has 0 aliphatic carbocycles. The zero-order chi connectivity index (χ0) is 9.14. The average Bonchev–Trinajstić information content (AvgIpc) is 2.08. The van der Waals surface area contributed by atoms with Crippen LogP contribution in [-0.2, 0) is 0 Å². The second-order valence-electron chi connectivity index (χ2n) is 2.59. The highest BCUT2D eigenvalue weighted by Crippen LogP contribution is 2.18. The fourth-order valence-corrected chi connectivity index (χ4v) is 1.12. The number of rotatable bonds is 2. The van der Waals surface area contributed by atoms with Crippen LogP contribution in [0.15, 0.2) is 0 Å². The van der Waals surface area contributed by atoms with Crippen molar-refractivity contribution < 1.29 is 0 Å². The van der Waals surface area contributed by atoms with Gasteiger partial charge in [-0.3, -0.25) is 0 Å². The number of aryl methyl sites for hydroxylation is 1. The van der Waals surface area contributed by atoms with Crippen LogP contribution >= 0.6 is 0 Å². The zero-order valence-corrected chi connectivity index (χ0v) is 7.89. The molecule has 0 aromatic carbocycles. The molecule has 0 atom stereocenters. The minimum Gasteiger partial charge on any atom is -0.373 e. The van der Waals surface area contributed by atoms with Crippen molar-refractivity contribution in [2.75, 3.05) is 24.7 Å². The Kier molecular flexibility index (Phi) is 2.47. The van der Waals surface area contributed by atoms with Gasteiger partial charge in [0.15, 0.2) is 0 Å². The average molecular weight is 166 g/mol. The molecule has 0 bridgehead atoms. The molecular formula is C8H14N4. The van der Waals surface area contributed by atoms with Gasteiger partial charge in [0.2, 0.25) is 0 Å². The minimum absolute atomic E-state index is 0.773. The zero-order valence-electron chi connectivity index (χ0n) is 7.89. The number of anilines is 2. The van der Waals surface area contributed by atoms with Crippen LogP contribution in [0.4, 0.5) is 11.6 Å². The van der Waals surface area contributed by atoms with E-state index in [2.05, 4.69) is 20.6 Å². The molecule has 0 saturated carbocycles. The summed E-state index contributed by atoms with van der Waals surface area (Å²) in [5.74, 6) is 2.54.